The Labute approximate surface area is 144 Å². The van der Waals surface area contributed by atoms with Crippen LogP contribution in [-0.4, -0.2) is 61.0 Å². The summed E-state index contributed by atoms with van der Waals surface area (Å²) in [5.74, 6) is 0.781. The highest BCUT2D eigenvalue weighted by Crippen LogP contribution is 2.19. The van der Waals surface area contributed by atoms with Crippen molar-refractivity contribution in [3.05, 3.63) is 3.95 Å². The van der Waals surface area contributed by atoms with Crippen molar-refractivity contribution in [1.29, 1.82) is 0 Å². The van der Waals surface area contributed by atoms with Crippen molar-refractivity contribution in [2.75, 3.05) is 45.9 Å². The minimum Gasteiger partial charge on any atom is -0.321 e. The molecule has 1 N–H and O–H groups in total. The highest BCUT2D eigenvalue weighted by Gasteiger charge is 2.16. The molecule has 1 aromatic heterocycles. The summed E-state index contributed by atoms with van der Waals surface area (Å²) in [6.45, 7) is 7.41. The maximum Gasteiger partial charge on any atom is 0.208 e. The summed E-state index contributed by atoms with van der Waals surface area (Å²) < 4.78 is 0.732. The van der Waals surface area contributed by atoms with E-state index in [4.69, 9.17) is 12.2 Å². The summed E-state index contributed by atoms with van der Waals surface area (Å²) in [7, 11) is 6.35. The van der Waals surface area contributed by atoms with Crippen LogP contribution in [-0.2, 0) is 0 Å². The SMILES string of the molecule is CCCCC(CC)CN(C)CN(CN(C)C)c1n[nH]c(=S)s1. The first-order valence-electron chi connectivity index (χ1n) is 8.09. The molecule has 0 bridgehead atoms. The molecule has 5 nitrogen and oxygen atoms in total. The van der Waals surface area contributed by atoms with E-state index in [1.165, 1.54) is 37.0 Å². The number of H-pyrrole nitrogens is 1. The standard InChI is InChI=1S/C15H31N5S2/c1-6-8-9-13(7-2)10-19(5)12-20(11-18(3)4)14-16-17-15(21)22-14/h13H,6-12H2,1-5H3,(H,17,21). The minimum atomic E-state index is 0.732. The van der Waals surface area contributed by atoms with Gasteiger partial charge < -0.3 is 4.90 Å². The molecule has 0 aromatic carbocycles. The van der Waals surface area contributed by atoms with Crippen LogP contribution < -0.4 is 4.90 Å². The molecule has 22 heavy (non-hydrogen) atoms. The molecule has 7 heteroatoms. The minimum absolute atomic E-state index is 0.732. The predicted octanol–water partition coefficient (Wildman–Crippen LogP) is 3.63. The van der Waals surface area contributed by atoms with E-state index in [-0.39, 0.29) is 0 Å². The summed E-state index contributed by atoms with van der Waals surface area (Å²) in [6, 6.07) is 0. The number of hydrogen-bond donors (Lipinski definition) is 1. The molecular formula is C15H31N5S2. The van der Waals surface area contributed by atoms with E-state index >= 15 is 0 Å². The van der Waals surface area contributed by atoms with E-state index in [9.17, 15) is 0 Å². The van der Waals surface area contributed by atoms with Crippen LogP contribution in [0.1, 0.15) is 39.5 Å². The lowest BCUT2D eigenvalue weighted by atomic mass is 9.99. The summed E-state index contributed by atoms with van der Waals surface area (Å²) in [4.78, 5) is 6.83. The molecule has 0 fully saturated rings. The summed E-state index contributed by atoms with van der Waals surface area (Å²) in [6.07, 6.45) is 5.18. The average Bonchev–Trinajstić information content (AvgIpc) is 2.88. The summed E-state index contributed by atoms with van der Waals surface area (Å²) in [5, 5.41) is 8.18. The smallest absolute Gasteiger partial charge is 0.208 e. The van der Waals surface area contributed by atoms with Crippen LogP contribution in [0.25, 0.3) is 0 Å². The molecule has 0 aliphatic carbocycles. The van der Waals surface area contributed by atoms with E-state index < -0.39 is 0 Å². The first-order valence-corrected chi connectivity index (χ1v) is 9.32. The first-order chi connectivity index (χ1) is 10.5. The summed E-state index contributed by atoms with van der Waals surface area (Å²) in [5.41, 5.74) is 0. The maximum absolute atomic E-state index is 5.16. The predicted molar refractivity (Wildman–Crippen MR) is 99.1 cm³/mol. The van der Waals surface area contributed by atoms with Gasteiger partial charge in [-0.25, -0.2) is 0 Å². The molecule has 1 atom stereocenters. The third-order valence-corrected chi connectivity index (χ3v) is 4.83. The van der Waals surface area contributed by atoms with Gasteiger partial charge in [-0.3, -0.25) is 14.9 Å². The van der Waals surface area contributed by atoms with Crippen LogP contribution in [0.15, 0.2) is 0 Å². The third kappa shape index (κ3) is 7.17. The Morgan fingerprint density at radius 1 is 1.23 bits per heavy atom. The van der Waals surface area contributed by atoms with Crippen LogP contribution in [0, 0.1) is 9.87 Å². The fourth-order valence-corrected chi connectivity index (χ4v) is 3.43. The van der Waals surface area contributed by atoms with Gasteiger partial charge in [0.15, 0.2) is 3.95 Å². The highest BCUT2D eigenvalue weighted by atomic mass is 32.1. The van der Waals surface area contributed by atoms with Crippen LogP contribution >= 0.6 is 23.6 Å². The van der Waals surface area contributed by atoms with Crippen molar-refractivity contribution in [3.63, 3.8) is 0 Å². The van der Waals surface area contributed by atoms with Gasteiger partial charge in [0.1, 0.15) is 0 Å². The number of aromatic amines is 1. The fourth-order valence-electron chi connectivity index (χ4n) is 2.57. The number of hydrogen-bond acceptors (Lipinski definition) is 6. The highest BCUT2D eigenvalue weighted by molar-refractivity contribution is 7.73. The Balaban J connectivity index is 2.62. The number of nitrogens with one attached hydrogen (secondary N) is 1. The Kier molecular flexibility index (Phi) is 9.16. The fraction of sp³-hybridized carbons (Fsp3) is 0.867. The molecule has 0 spiro atoms. The number of rotatable bonds is 11. The topological polar surface area (TPSA) is 38.4 Å². The van der Waals surface area contributed by atoms with Gasteiger partial charge >= 0.3 is 0 Å². The quantitative estimate of drug-likeness (QED) is 0.490. The van der Waals surface area contributed by atoms with Gasteiger partial charge in [0.25, 0.3) is 0 Å². The second-order valence-corrected chi connectivity index (χ2v) is 7.90. The zero-order valence-electron chi connectivity index (χ0n) is 14.6. The van der Waals surface area contributed by atoms with E-state index in [0.29, 0.717) is 0 Å². The first kappa shape index (κ1) is 19.5. The van der Waals surface area contributed by atoms with Crippen LogP contribution in [0.3, 0.4) is 0 Å². The van der Waals surface area contributed by atoms with Crippen LogP contribution in [0.5, 0.6) is 0 Å². The number of unbranched alkanes of at least 4 members (excludes halogenated alkanes) is 1. The monoisotopic (exact) mass is 345 g/mol. The number of nitrogens with zero attached hydrogens (tertiary/aromatic N) is 4. The second kappa shape index (κ2) is 10.3. The number of anilines is 1. The van der Waals surface area contributed by atoms with E-state index in [2.05, 4.69) is 59.9 Å². The van der Waals surface area contributed by atoms with Crippen molar-refractivity contribution < 1.29 is 0 Å². The molecule has 0 amide bonds. The lowest BCUT2D eigenvalue weighted by Gasteiger charge is -2.31. The van der Waals surface area contributed by atoms with Crippen molar-refractivity contribution in [2.24, 2.45) is 5.92 Å². The lowest BCUT2D eigenvalue weighted by Crippen LogP contribution is -2.42. The Hall–Kier alpha value is -0.500. The Morgan fingerprint density at radius 3 is 2.45 bits per heavy atom. The largest absolute Gasteiger partial charge is 0.321 e. The third-order valence-electron chi connectivity index (χ3n) is 3.68. The molecule has 0 saturated carbocycles. The molecule has 1 heterocycles. The molecular weight excluding hydrogens is 314 g/mol. The lowest BCUT2D eigenvalue weighted by molar-refractivity contribution is 0.247. The maximum atomic E-state index is 5.16. The van der Waals surface area contributed by atoms with Crippen molar-refractivity contribution >= 4 is 28.7 Å². The Bertz CT molecular complexity index is 457. The van der Waals surface area contributed by atoms with Gasteiger partial charge in [0.05, 0.1) is 13.3 Å². The molecule has 1 unspecified atom stereocenters. The van der Waals surface area contributed by atoms with E-state index in [1.54, 1.807) is 0 Å². The van der Waals surface area contributed by atoms with Crippen LogP contribution in [0.4, 0.5) is 5.13 Å². The van der Waals surface area contributed by atoms with Gasteiger partial charge in [-0.2, -0.15) is 0 Å². The molecule has 0 saturated heterocycles. The molecule has 1 aromatic rings. The van der Waals surface area contributed by atoms with E-state index in [1.807, 2.05) is 0 Å². The molecule has 0 aliphatic rings. The van der Waals surface area contributed by atoms with Gasteiger partial charge in [-0.15, -0.1) is 5.10 Å². The normalized spacial score (nSPS) is 13.0. The van der Waals surface area contributed by atoms with Crippen molar-refractivity contribution in [3.8, 4) is 0 Å². The zero-order valence-corrected chi connectivity index (χ0v) is 16.3. The molecule has 128 valence electrons. The molecule has 0 radical (unpaired) electrons. The van der Waals surface area contributed by atoms with Crippen LogP contribution in [0.2, 0.25) is 0 Å². The summed E-state index contributed by atoms with van der Waals surface area (Å²) >= 11 is 6.70. The van der Waals surface area contributed by atoms with Crippen molar-refractivity contribution in [2.45, 2.75) is 39.5 Å². The molecule has 0 aliphatic heterocycles. The van der Waals surface area contributed by atoms with Gasteiger partial charge in [0.2, 0.25) is 5.13 Å². The van der Waals surface area contributed by atoms with Gasteiger partial charge in [-0.05, 0) is 45.7 Å². The average molecular weight is 346 g/mol. The van der Waals surface area contributed by atoms with Crippen molar-refractivity contribution in [1.82, 2.24) is 20.0 Å². The van der Waals surface area contributed by atoms with Gasteiger partial charge in [-0.1, -0.05) is 44.4 Å². The Morgan fingerprint density at radius 2 is 1.95 bits per heavy atom. The molecule has 1 rings (SSSR count). The second-order valence-electron chi connectivity index (χ2n) is 6.25. The van der Waals surface area contributed by atoms with E-state index in [0.717, 1.165) is 34.9 Å². The van der Waals surface area contributed by atoms with Gasteiger partial charge in [0, 0.05) is 6.54 Å². The zero-order chi connectivity index (χ0) is 16.5. The number of aromatic nitrogens is 2.